The van der Waals surface area contributed by atoms with Gasteiger partial charge in [0.2, 0.25) is 11.7 Å². The average molecular weight is 393 g/mol. The normalized spacial score (nSPS) is 15.7. The maximum absolute atomic E-state index is 11.1. The molecule has 0 saturated heterocycles. The van der Waals surface area contributed by atoms with E-state index in [-0.39, 0.29) is 16.9 Å². The summed E-state index contributed by atoms with van der Waals surface area (Å²) in [4.78, 5) is 15.0. The second-order valence-corrected chi connectivity index (χ2v) is 7.56. The molecule has 29 heavy (non-hydrogen) atoms. The first-order chi connectivity index (χ1) is 13.9. The quantitative estimate of drug-likeness (QED) is 0.516. The highest BCUT2D eigenvalue weighted by Gasteiger charge is 2.53. The number of nitrogens with zero attached hydrogens (tertiary/aromatic N) is 4. The standard InChI is InChI=1S/C20H19N5O4/c1-12-3-5-15(17-18(12)28-11-20(17)7-8-20)29-16-6-4-13(9-21-16)22-19-14(25(26)27)10-24(2)23-19/h3-6,9-10H,7-8,11H2,1-2H3,(H,22,23). The zero-order valence-electron chi connectivity index (χ0n) is 16.0. The Bertz CT molecular complexity index is 1120. The van der Waals surface area contributed by atoms with Gasteiger partial charge in [-0.3, -0.25) is 14.8 Å². The van der Waals surface area contributed by atoms with Gasteiger partial charge in [-0.05, 0) is 37.5 Å². The number of fused-ring (bicyclic) bond motifs is 2. The fourth-order valence-corrected chi connectivity index (χ4v) is 3.73. The molecule has 1 aromatic carbocycles. The van der Waals surface area contributed by atoms with Crippen LogP contribution in [0.1, 0.15) is 24.0 Å². The van der Waals surface area contributed by atoms with Crippen molar-refractivity contribution in [3.05, 3.63) is 57.9 Å². The first-order valence-corrected chi connectivity index (χ1v) is 9.31. The van der Waals surface area contributed by atoms with Crippen molar-refractivity contribution in [1.29, 1.82) is 0 Å². The number of pyridine rings is 1. The summed E-state index contributed by atoms with van der Waals surface area (Å²) in [5.74, 6) is 2.31. The highest BCUT2D eigenvalue weighted by molar-refractivity contribution is 5.64. The number of nitro groups is 1. The largest absolute Gasteiger partial charge is 0.492 e. The fraction of sp³-hybridized carbons (Fsp3) is 0.300. The van der Waals surface area contributed by atoms with E-state index in [4.69, 9.17) is 9.47 Å². The minimum absolute atomic E-state index is 0.0933. The van der Waals surface area contributed by atoms with Crippen LogP contribution in [0.3, 0.4) is 0 Å². The maximum Gasteiger partial charge on any atom is 0.331 e. The van der Waals surface area contributed by atoms with E-state index in [1.54, 1.807) is 25.4 Å². The Kier molecular flexibility index (Phi) is 3.73. The summed E-state index contributed by atoms with van der Waals surface area (Å²) in [5, 5.41) is 18.1. The van der Waals surface area contributed by atoms with Gasteiger partial charge in [0.25, 0.3) is 0 Å². The van der Waals surface area contributed by atoms with Crippen molar-refractivity contribution in [2.45, 2.75) is 25.2 Å². The van der Waals surface area contributed by atoms with E-state index in [1.807, 2.05) is 19.1 Å². The van der Waals surface area contributed by atoms with Crippen LogP contribution in [0, 0.1) is 17.0 Å². The van der Waals surface area contributed by atoms with Crippen LogP contribution in [0.4, 0.5) is 17.2 Å². The molecule has 0 amide bonds. The summed E-state index contributed by atoms with van der Waals surface area (Å²) in [6.07, 6.45) is 5.13. The van der Waals surface area contributed by atoms with E-state index in [0.717, 1.165) is 35.5 Å². The van der Waals surface area contributed by atoms with Gasteiger partial charge in [-0.2, -0.15) is 0 Å². The lowest BCUT2D eigenvalue weighted by atomic mass is 9.95. The number of nitrogens with one attached hydrogen (secondary N) is 1. The molecule has 148 valence electrons. The molecule has 2 aromatic heterocycles. The predicted molar refractivity (Wildman–Crippen MR) is 105 cm³/mol. The third kappa shape index (κ3) is 2.95. The number of hydrogen-bond donors (Lipinski definition) is 1. The number of aromatic nitrogens is 3. The van der Waals surface area contributed by atoms with Crippen LogP contribution in [-0.4, -0.2) is 26.3 Å². The molecule has 1 aliphatic carbocycles. The molecule has 0 bridgehead atoms. The van der Waals surface area contributed by atoms with Crippen molar-refractivity contribution in [3.8, 4) is 17.4 Å². The van der Waals surface area contributed by atoms with Crippen LogP contribution in [0.15, 0.2) is 36.7 Å². The van der Waals surface area contributed by atoms with Crippen LogP contribution in [0.5, 0.6) is 17.4 Å². The monoisotopic (exact) mass is 393 g/mol. The van der Waals surface area contributed by atoms with Gasteiger partial charge < -0.3 is 14.8 Å². The van der Waals surface area contributed by atoms with E-state index in [0.29, 0.717) is 18.2 Å². The van der Waals surface area contributed by atoms with Gasteiger partial charge in [0.1, 0.15) is 17.7 Å². The minimum atomic E-state index is -0.478. The molecule has 5 rings (SSSR count). The Labute approximate surface area is 166 Å². The van der Waals surface area contributed by atoms with Crippen molar-refractivity contribution in [2.75, 3.05) is 11.9 Å². The summed E-state index contributed by atoms with van der Waals surface area (Å²) in [6, 6.07) is 7.43. The van der Waals surface area contributed by atoms with Crippen LogP contribution < -0.4 is 14.8 Å². The van der Waals surface area contributed by atoms with Crippen molar-refractivity contribution in [1.82, 2.24) is 14.8 Å². The summed E-state index contributed by atoms with van der Waals surface area (Å²) in [6.45, 7) is 2.75. The zero-order chi connectivity index (χ0) is 20.2. The van der Waals surface area contributed by atoms with Crippen LogP contribution >= 0.6 is 0 Å². The van der Waals surface area contributed by atoms with Gasteiger partial charge in [0, 0.05) is 24.1 Å². The summed E-state index contributed by atoms with van der Waals surface area (Å²) < 4.78 is 13.4. The highest BCUT2D eigenvalue weighted by atomic mass is 16.6. The summed E-state index contributed by atoms with van der Waals surface area (Å²) in [5.41, 5.74) is 2.83. The number of aryl methyl sites for hydroxylation is 2. The van der Waals surface area contributed by atoms with E-state index in [1.165, 1.54) is 10.9 Å². The third-order valence-corrected chi connectivity index (χ3v) is 5.41. The lowest BCUT2D eigenvalue weighted by Gasteiger charge is -2.13. The van der Waals surface area contributed by atoms with Gasteiger partial charge in [0.15, 0.2) is 0 Å². The Morgan fingerprint density at radius 1 is 1.31 bits per heavy atom. The molecule has 2 aliphatic rings. The molecule has 1 N–H and O–H groups in total. The van der Waals surface area contributed by atoms with Gasteiger partial charge in [-0.25, -0.2) is 4.98 Å². The van der Waals surface area contributed by atoms with Crippen molar-refractivity contribution >= 4 is 17.2 Å². The van der Waals surface area contributed by atoms with Gasteiger partial charge >= 0.3 is 5.69 Å². The smallest absolute Gasteiger partial charge is 0.331 e. The van der Waals surface area contributed by atoms with Gasteiger partial charge in [0.05, 0.1) is 23.4 Å². The van der Waals surface area contributed by atoms with Crippen LogP contribution in [0.2, 0.25) is 0 Å². The molecule has 1 spiro atoms. The Morgan fingerprint density at radius 3 is 2.83 bits per heavy atom. The number of ether oxygens (including phenoxy) is 2. The van der Waals surface area contributed by atoms with Crippen LogP contribution in [-0.2, 0) is 12.5 Å². The predicted octanol–water partition coefficient (Wildman–Crippen LogP) is 3.99. The molecule has 9 nitrogen and oxygen atoms in total. The molecule has 1 aliphatic heterocycles. The SMILES string of the molecule is Cc1ccc(Oc2ccc(Nc3nn(C)cc3[N+](=O)[O-])cn2)c2c1OCC21CC1. The number of anilines is 2. The van der Waals surface area contributed by atoms with Crippen LogP contribution in [0.25, 0.3) is 0 Å². The molecule has 0 radical (unpaired) electrons. The molecular weight excluding hydrogens is 374 g/mol. The number of benzene rings is 1. The molecule has 1 saturated carbocycles. The second kappa shape index (κ2) is 6.20. The van der Waals surface area contributed by atoms with E-state index in [9.17, 15) is 10.1 Å². The number of hydrogen-bond acceptors (Lipinski definition) is 7. The first kappa shape index (κ1) is 17.5. The van der Waals surface area contributed by atoms with E-state index >= 15 is 0 Å². The lowest BCUT2D eigenvalue weighted by molar-refractivity contribution is -0.384. The molecule has 3 aromatic rings. The Hall–Kier alpha value is -3.62. The Morgan fingerprint density at radius 2 is 2.14 bits per heavy atom. The van der Waals surface area contributed by atoms with Gasteiger partial charge in [-0.1, -0.05) is 6.07 Å². The average Bonchev–Trinajstić information content (AvgIpc) is 3.22. The summed E-state index contributed by atoms with van der Waals surface area (Å²) in [7, 11) is 1.63. The first-order valence-electron chi connectivity index (χ1n) is 9.31. The second-order valence-electron chi connectivity index (χ2n) is 7.56. The molecule has 0 atom stereocenters. The Balaban J connectivity index is 1.38. The molecular formula is C20H19N5O4. The van der Waals surface area contributed by atoms with E-state index < -0.39 is 4.92 Å². The summed E-state index contributed by atoms with van der Waals surface area (Å²) >= 11 is 0. The topological polar surface area (TPSA) is 104 Å². The van der Waals surface area contributed by atoms with Crippen molar-refractivity contribution in [3.63, 3.8) is 0 Å². The fourth-order valence-electron chi connectivity index (χ4n) is 3.73. The lowest BCUT2D eigenvalue weighted by Crippen LogP contribution is -2.08. The maximum atomic E-state index is 11.1. The minimum Gasteiger partial charge on any atom is -0.492 e. The van der Waals surface area contributed by atoms with Crippen molar-refractivity contribution < 1.29 is 14.4 Å². The van der Waals surface area contributed by atoms with Crippen molar-refractivity contribution in [2.24, 2.45) is 7.05 Å². The highest BCUT2D eigenvalue weighted by Crippen LogP contribution is 2.59. The molecule has 0 unspecified atom stereocenters. The number of rotatable bonds is 5. The molecule has 3 heterocycles. The zero-order valence-corrected chi connectivity index (χ0v) is 16.0. The molecule has 9 heteroatoms. The third-order valence-electron chi connectivity index (χ3n) is 5.41. The molecule has 1 fully saturated rings. The van der Waals surface area contributed by atoms with Gasteiger partial charge in [-0.15, -0.1) is 5.10 Å². The van der Waals surface area contributed by atoms with E-state index in [2.05, 4.69) is 15.4 Å².